The fourth-order valence-electron chi connectivity index (χ4n) is 1.81. The van der Waals surface area contributed by atoms with E-state index in [0.29, 0.717) is 5.88 Å². The molecule has 2 rings (SSSR count). The monoisotopic (exact) mass is 230 g/mol. The zero-order valence-corrected chi connectivity index (χ0v) is 9.94. The van der Waals surface area contributed by atoms with Gasteiger partial charge in [0.1, 0.15) is 0 Å². The van der Waals surface area contributed by atoms with Crippen LogP contribution < -0.4 is 0 Å². The Morgan fingerprint density at radius 1 is 1.57 bits per heavy atom. The van der Waals surface area contributed by atoms with E-state index in [1.54, 1.807) is 0 Å². The smallest absolute Gasteiger partial charge is 0.168 e. The summed E-state index contributed by atoms with van der Waals surface area (Å²) in [6.07, 6.45) is 7.32. The van der Waals surface area contributed by atoms with Gasteiger partial charge in [-0.15, -0.1) is 11.6 Å². The SMILES string of the molecule is Cn1c(CCl)cnc1SC1CCCC1. The second-order valence-electron chi connectivity index (χ2n) is 3.75. The van der Waals surface area contributed by atoms with Crippen molar-refractivity contribution in [3.05, 3.63) is 11.9 Å². The van der Waals surface area contributed by atoms with Gasteiger partial charge in [0.2, 0.25) is 0 Å². The molecule has 1 aromatic rings. The van der Waals surface area contributed by atoms with Crippen LogP contribution in [0.1, 0.15) is 31.4 Å². The van der Waals surface area contributed by atoms with Crippen LogP contribution in [0, 0.1) is 0 Å². The number of nitrogens with zero attached hydrogens (tertiary/aromatic N) is 2. The largest absolute Gasteiger partial charge is 0.325 e. The second-order valence-corrected chi connectivity index (χ2v) is 5.28. The van der Waals surface area contributed by atoms with E-state index in [1.165, 1.54) is 25.7 Å². The molecule has 1 aromatic heterocycles. The average Bonchev–Trinajstić information content (AvgIpc) is 2.79. The number of rotatable bonds is 3. The maximum atomic E-state index is 5.79. The third kappa shape index (κ3) is 2.09. The molecule has 0 unspecified atom stereocenters. The van der Waals surface area contributed by atoms with Crippen molar-refractivity contribution >= 4 is 23.4 Å². The molecule has 0 amide bonds. The van der Waals surface area contributed by atoms with Crippen molar-refractivity contribution < 1.29 is 0 Å². The maximum absolute atomic E-state index is 5.79. The van der Waals surface area contributed by atoms with Gasteiger partial charge in [-0.2, -0.15) is 0 Å². The molecular formula is C10H15ClN2S. The molecule has 0 aromatic carbocycles. The topological polar surface area (TPSA) is 17.8 Å². The number of halogens is 1. The number of imidazole rings is 1. The molecule has 1 fully saturated rings. The zero-order valence-electron chi connectivity index (χ0n) is 8.37. The number of alkyl halides is 1. The van der Waals surface area contributed by atoms with Crippen LogP contribution in [-0.4, -0.2) is 14.8 Å². The summed E-state index contributed by atoms with van der Waals surface area (Å²) in [6.45, 7) is 0. The van der Waals surface area contributed by atoms with Crippen molar-refractivity contribution in [2.24, 2.45) is 7.05 Å². The van der Waals surface area contributed by atoms with E-state index in [2.05, 4.69) is 9.55 Å². The van der Waals surface area contributed by atoms with E-state index in [4.69, 9.17) is 11.6 Å². The summed E-state index contributed by atoms with van der Waals surface area (Å²) >= 11 is 7.70. The van der Waals surface area contributed by atoms with Crippen molar-refractivity contribution in [2.45, 2.75) is 42.0 Å². The van der Waals surface area contributed by atoms with Gasteiger partial charge in [-0.05, 0) is 12.8 Å². The van der Waals surface area contributed by atoms with Crippen LogP contribution in [0.15, 0.2) is 11.4 Å². The molecule has 1 aliphatic carbocycles. The molecule has 1 aliphatic rings. The lowest BCUT2D eigenvalue weighted by molar-refractivity contribution is 0.754. The van der Waals surface area contributed by atoms with E-state index in [-0.39, 0.29) is 0 Å². The van der Waals surface area contributed by atoms with Crippen LogP contribution in [0.25, 0.3) is 0 Å². The van der Waals surface area contributed by atoms with Gasteiger partial charge in [0, 0.05) is 12.3 Å². The highest BCUT2D eigenvalue weighted by molar-refractivity contribution is 7.99. The molecule has 0 saturated heterocycles. The summed E-state index contributed by atoms with van der Waals surface area (Å²) in [5.41, 5.74) is 1.10. The minimum absolute atomic E-state index is 0.550. The first-order valence-electron chi connectivity index (χ1n) is 5.04. The minimum atomic E-state index is 0.550. The molecule has 4 heteroatoms. The van der Waals surface area contributed by atoms with Crippen LogP contribution in [0.2, 0.25) is 0 Å². The lowest BCUT2D eigenvalue weighted by Crippen LogP contribution is -2.00. The van der Waals surface area contributed by atoms with Crippen molar-refractivity contribution in [1.82, 2.24) is 9.55 Å². The van der Waals surface area contributed by atoms with Gasteiger partial charge >= 0.3 is 0 Å². The van der Waals surface area contributed by atoms with E-state index >= 15 is 0 Å². The van der Waals surface area contributed by atoms with Crippen molar-refractivity contribution in [1.29, 1.82) is 0 Å². The molecule has 0 spiro atoms. The lowest BCUT2D eigenvalue weighted by atomic mass is 10.4. The summed E-state index contributed by atoms with van der Waals surface area (Å²) in [5.74, 6) is 0.550. The predicted octanol–water partition coefficient (Wildman–Crippen LogP) is 3.19. The van der Waals surface area contributed by atoms with Gasteiger partial charge in [0.05, 0.1) is 17.8 Å². The quantitative estimate of drug-likeness (QED) is 0.743. The zero-order chi connectivity index (χ0) is 9.97. The molecule has 0 bridgehead atoms. The van der Waals surface area contributed by atoms with Gasteiger partial charge < -0.3 is 4.57 Å². The molecule has 0 N–H and O–H groups in total. The fraction of sp³-hybridized carbons (Fsp3) is 0.700. The van der Waals surface area contributed by atoms with Crippen molar-refractivity contribution in [2.75, 3.05) is 0 Å². The average molecular weight is 231 g/mol. The van der Waals surface area contributed by atoms with Gasteiger partial charge in [-0.1, -0.05) is 24.6 Å². The Balaban J connectivity index is 2.04. The Hall–Kier alpha value is -0.150. The maximum Gasteiger partial charge on any atom is 0.168 e. The first kappa shape index (κ1) is 10.4. The third-order valence-electron chi connectivity index (χ3n) is 2.75. The standard InChI is InChI=1S/C10H15ClN2S/c1-13-8(6-11)7-12-10(13)14-9-4-2-3-5-9/h7,9H,2-6H2,1H3. The Bertz CT molecular complexity index is 305. The minimum Gasteiger partial charge on any atom is -0.325 e. The Labute approximate surface area is 94.0 Å². The van der Waals surface area contributed by atoms with Gasteiger partial charge in [-0.25, -0.2) is 4.98 Å². The lowest BCUT2D eigenvalue weighted by Gasteiger charge is -2.08. The van der Waals surface area contributed by atoms with Crippen LogP contribution in [-0.2, 0) is 12.9 Å². The molecule has 78 valence electrons. The molecule has 0 atom stereocenters. The van der Waals surface area contributed by atoms with Gasteiger partial charge in [-0.3, -0.25) is 0 Å². The molecule has 0 aliphatic heterocycles. The molecule has 14 heavy (non-hydrogen) atoms. The highest BCUT2D eigenvalue weighted by Gasteiger charge is 2.18. The van der Waals surface area contributed by atoms with Crippen LogP contribution in [0.5, 0.6) is 0 Å². The molecule has 0 radical (unpaired) electrons. The number of hydrogen-bond donors (Lipinski definition) is 0. The highest BCUT2D eigenvalue weighted by atomic mass is 35.5. The first-order chi connectivity index (χ1) is 6.81. The number of thioether (sulfide) groups is 1. The predicted molar refractivity (Wildman–Crippen MR) is 60.9 cm³/mol. The number of aromatic nitrogens is 2. The number of hydrogen-bond acceptors (Lipinski definition) is 2. The Kier molecular flexibility index (Phi) is 3.39. The Morgan fingerprint density at radius 2 is 2.29 bits per heavy atom. The molecule has 1 heterocycles. The molecule has 2 nitrogen and oxygen atoms in total. The summed E-state index contributed by atoms with van der Waals surface area (Å²) < 4.78 is 2.11. The molecular weight excluding hydrogens is 216 g/mol. The fourth-order valence-corrected chi connectivity index (χ4v) is 3.32. The summed E-state index contributed by atoms with van der Waals surface area (Å²) in [6, 6.07) is 0. The van der Waals surface area contributed by atoms with E-state index in [9.17, 15) is 0 Å². The second kappa shape index (κ2) is 4.58. The normalized spacial score (nSPS) is 17.9. The van der Waals surface area contributed by atoms with E-state index in [1.807, 2.05) is 25.0 Å². The van der Waals surface area contributed by atoms with Crippen LogP contribution >= 0.6 is 23.4 Å². The highest BCUT2D eigenvalue weighted by Crippen LogP contribution is 2.34. The van der Waals surface area contributed by atoms with E-state index < -0.39 is 0 Å². The summed E-state index contributed by atoms with van der Waals surface area (Å²) in [7, 11) is 2.04. The van der Waals surface area contributed by atoms with Gasteiger partial charge in [0.15, 0.2) is 5.16 Å². The third-order valence-corrected chi connectivity index (χ3v) is 4.42. The van der Waals surface area contributed by atoms with Crippen LogP contribution in [0.4, 0.5) is 0 Å². The van der Waals surface area contributed by atoms with Gasteiger partial charge in [0.25, 0.3) is 0 Å². The summed E-state index contributed by atoms with van der Waals surface area (Å²) in [5, 5.41) is 1.90. The van der Waals surface area contributed by atoms with Crippen LogP contribution in [0.3, 0.4) is 0 Å². The molecule has 1 saturated carbocycles. The van der Waals surface area contributed by atoms with Crippen molar-refractivity contribution in [3.63, 3.8) is 0 Å². The Morgan fingerprint density at radius 3 is 2.86 bits per heavy atom. The first-order valence-corrected chi connectivity index (χ1v) is 6.46. The van der Waals surface area contributed by atoms with Crippen molar-refractivity contribution in [3.8, 4) is 0 Å². The summed E-state index contributed by atoms with van der Waals surface area (Å²) in [4.78, 5) is 4.39. The van der Waals surface area contributed by atoms with E-state index in [0.717, 1.165) is 16.1 Å².